The van der Waals surface area contributed by atoms with Gasteiger partial charge in [-0.1, -0.05) is 19.3 Å². The zero-order valence-corrected chi connectivity index (χ0v) is 19.1. The van der Waals surface area contributed by atoms with E-state index in [0.29, 0.717) is 23.6 Å². The van der Waals surface area contributed by atoms with Crippen molar-refractivity contribution in [3.63, 3.8) is 0 Å². The Labute approximate surface area is 189 Å². The molecule has 0 atom stereocenters. The van der Waals surface area contributed by atoms with Gasteiger partial charge in [0.15, 0.2) is 6.61 Å². The minimum Gasteiger partial charge on any atom is -0.497 e. The van der Waals surface area contributed by atoms with Crippen molar-refractivity contribution >= 4 is 18.0 Å². The predicted octanol–water partition coefficient (Wildman–Crippen LogP) is 2.41. The Bertz CT molecular complexity index is 798. The minimum atomic E-state index is -0.585. The third kappa shape index (κ3) is 6.46. The van der Waals surface area contributed by atoms with Crippen LogP contribution >= 0.6 is 0 Å². The number of carbonyl (C=O) groups is 2. The summed E-state index contributed by atoms with van der Waals surface area (Å²) in [5.41, 5.74) is 0.687. The summed E-state index contributed by atoms with van der Waals surface area (Å²) in [4.78, 5) is 26.9. The molecule has 1 N–H and O–H groups in total. The van der Waals surface area contributed by atoms with Crippen molar-refractivity contribution in [2.45, 2.75) is 37.6 Å². The molecule has 32 heavy (non-hydrogen) atoms. The number of nitrogens with zero attached hydrogens (tertiary/aromatic N) is 1. The van der Waals surface area contributed by atoms with Gasteiger partial charge in [0.25, 0.3) is 5.91 Å². The molecule has 1 aromatic carbocycles. The molecule has 1 saturated heterocycles. The normalized spacial score (nSPS) is 18.8. The molecular formula is C24H34N2O6. The summed E-state index contributed by atoms with van der Waals surface area (Å²) in [5.74, 6) is 0.365. The van der Waals surface area contributed by atoms with Gasteiger partial charge < -0.3 is 24.3 Å². The van der Waals surface area contributed by atoms with E-state index in [-0.39, 0.29) is 18.1 Å². The van der Waals surface area contributed by atoms with Gasteiger partial charge in [-0.2, -0.15) is 0 Å². The van der Waals surface area contributed by atoms with Crippen LogP contribution in [0.4, 0.5) is 0 Å². The number of carbonyl (C=O) groups excluding carboxylic acids is 2. The van der Waals surface area contributed by atoms with E-state index in [4.69, 9.17) is 18.9 Å². The van der Waals surface area contributed by atoms with Crippen LogP contribution in [0, 0.1) is 0 Å². The minimum absolute atomic E-state index is 0.0213. The van der Waals surface area contributed by atoms with E-state index in [2.05, 4.69) is 10.2 Å². The average molecular weight is 447 g/mol. The van der Waals surface area contributed by atoms with Gasteiger partial charge in [0.1, 0.15) is 11.5 Å². The van der Waals surface area contributed by atoms with Crippen molar-refractivity contribution in [3.8, 4) is 11.5 Å². The molecule has 3 rings (SSSR count). The number of morpholine rings is 1. The lowest BCUT2D eigenvalue weighted by atomic mass is 9.79. The number of methoxy groups -OCH3 is 2. The highest BCUT2D eigenvalue weighted by atomic mass is 16.5. The lowest BCUT2D eigenvalue weighted by molar-refractivity contribution is -0.144. The molecule has 2 aliphatic rings. The highest BCUT2D eigenvalue weighted by Crippen LogP contribution is 2.33. The maximum Gasteiger partial charge on any atom is 0.331 e. The second kappa shape index (κ2) is 11.9. The fourth-order valence-corrected chi connectivity index (χ4v) is 4.47. The lowest BCUT2D eigenvalue weighted by Crippen LogP contribution is -2.59. The predicted molar refractivity (Wildman–Crippen MR) is 121 cm³/mol. The van der Waals surface area contributed by atoms with Gasteiger partial charge in [0, 0.05) is 42.9 Å². The van der Waals surface area contributed by atoms with Crippen LogP contribution in [0.1, 0.15) is 37.7 Å². The molecule has 0 radical (unpaired) electrons. The second-order valence-electron chi connectivity index (χ2n) is 8.21. The van der Waals surface area contributed by atoms with E-state index in [9.17, 15) is 9.59 Å². The molecule has 176 valence electrons. The molecule has 1 amide bonds. The number of ether oxygens (including phenoxy) is 4. The Hall–Kier alpha value is -2.58. The summed E-state index contributed by atoms with van der Waals surface area (Å²) in [6.45, 7) is 3.52. The molecule has 1 aliphatic heterocycles. The third-order valence-electron chi connectivity index (χ3n) is 6.27. The van der Waals surface area contributed by atoms with Gasteiger partial charge in [-0.25, -0.2) is 4.79 Å². The molecule has 1 saturated carbocycles. The van der Waals surface area contributed by atoms with E-state index in [1.807, 2.05) is 0 Å². The number of rotatable bonds is 9. The van der Waals surface area contributed by atoms with E-state index >= 15 is 0 Å². The topological polar surface area (TPSA) is 86.3 Å². The zero-order valence-electron chi connectivity index (χ0n) is 19.1. The Morgan fingerprint density at radius 3 is 2.56 bits per heavy atom. The summed E-state index contributed by atoms with van der Waals surface area (Å²) in [7, 11) is 3.12. The standard InChI is InChI=1S/C24H34N2O6/c1-29-20-8-6-19(21(16-20)30-2)7-9-23(28)32-17-22(27)25-18-24(10-4-3-5-11-24)26-12-14-31-15-13-26/h6-9,16H,3-5,10-15,17-18H2,1-2H3,(H,25,27)/b9-7+. The molecule has 1 aromatic rings. The van der Waals surface area contributed by atoms with Crippen LogP contribution in [0.15, 0.2) is 24.3 Å². The van der Waals surface area contributed by atoms with Crippen molar-refractivity contribution in [2.75, 3.05) is 53.7 Å². The number of hydrogen-bond acceptors (Lipinski definition) is 7. The summed E-state index contributed by atoms with van der Waals surface area (Å²) in [5, 5.41) is 2.99. The first-order valence-corrected chi connectivity index (χ1v) is 11.2. The van der Waals surface area contributed by atoms with Crippen LogP contribution in [0.5, 0.6) is 11.5 Å². The van der Waals surface area contributed by atoms with Crippen LogP contribution in [0.3, 0.4) is 0 Å². The SMILES string of the molecule is COc1ccc(/C=C/C(=O)OCC(=O)NCC2(N3CCOCC3)CCCCC2)c(OC)c1. The van der Waals surface area contributed by atoms with Crippen molar-refractivity contribution in [1.82, 2.24) is 10.2 Å². The van der Waals surface area contributed by atoms with Crippen LogP contribution in [0.25, 0.3) is 6.08 Å². The van der Waals surface area contributed by atoms with E-state index in [1.54, 1.807) is 38.5 Å². The maximum absolute atomic E-state index is 12.4. The Kier molecular flexibility index (Phi) is 8.93. The second-order valence-corrected chi connectivity index (χ2v) is 8.21. The number of hydrogen-bond donors (Lipinski definition) is 1. The molecule has 0 aromatic heterocycles. The summed E-state index contributed by atoms with van der Waals surface area (Å²) in [6, 6.07) is 5.29. The number of benzene rings is 1. The van der Waals surface area contributed by atoms with Crippen LogP contribution in [-0.2, 0) is 19.1 Å². The number of esters is 1. The first kappa shape index (κ1) is 24.1. The fraction of sp³-hybridized carbons (Fsp3) is 0.583. The molecule has 0 bridgehead atoms. The average Bonchev–Trinajstić information content (AvgIpc) is 2.85. The highest BCUT2D eigenvalue weighted by Gasteiger charge is 2.38. The van der Waals surface area contributed by atoms with Gasteiger partial charge in [0.05, 0.1) is 27.4 Å². The van der Waals surface area contributed by atoms with Crippen molar-refractivity contribution in [3.05, 3.63) is 29.8 Å². The largest absolute Gasteiger partial charge is 0.497 e. The summed E-state index contributed by atoms with van der Waals surface area (Å²) in [6.07, 6.45) is 8.59. The zero-order chi connectivity index (χ0) is 22.8. The summed E-state index contributed by atoms with van der Waals surface area (Å²) >= 11 is 0. The van der Waals surface area contributed by atoms with Gasteiger partial charge in [-0.05, 0) is 31.1 Å². The van der Waals surface area contributed by atoms with Crippen LogP contribution in [0.2, 0.25) is 0 Å². The fourth-order valence-electron chi connectivity index (χ4n) is 4.47. The Balaban J connectivity index is 1.48. The van der Waals surface area contributed by atoms with E-state index in [1.165, 1.54) is 25.3 Å². The molecular weight excluding hydrogens is 412 g/mol. The van der Waals surface area contributed by atoms with Gasteiger partial charge >= 0.3 is 5.97 Å². The lowest BCUT2D eigenvalue weighted by Gasteiger charge is -2.48. The van der Waals surface area contributed by atoms with Gasteiger partial charge in [-0.3, -0.25) is 9.69 Å². The molecule has 0 spiro atoms. The smallest absolute Gasteiger partial charge is 0.331 e. The Morgan fingerprint density at radius 2 is 1.88 bits per heavy atom. The molecule has 1 aliphatic carbocycles. The van der Waals surface area contributed by atoms with Crippen LogP contribution < -0.4 is 14.8 Å². The van der Waals surface area contributed by atoms with E-state index < -0.39 is 5.97 Å². The monoisotopic (exact) mass is 446 g/mol. The molecule has 2 fully saturated rings. The van der Waals surface area contributed by atoms with Gasteiger partial charge in [-0.15, -0.1) is 0 Å². The van der Waals surface area contributed by atoms with E-state index in [0.717, 1.165) is 39.1 Å². The molecule has 8 nitrogen and oxygen atoms in total. The molecule has 8 heteroatoms. The van der Waals surface area contributed by atoms with Gasteiger partial charge in [0.2, 0.25) is 0 Å². The highest BCUT2D eigenvalue weighted by molar-refractivity contribution is 5.89. The molecule has 0 unspecified atom stereocenters. The van der Waals surface area contributed by atoms with Crippen LogP contribution in [-0.4, -0.2) is 76.0 Å². The number of nitrogens with one attached hydrogen (secondary N) is 1. The maximum atomic E-state index is 12.4. The quantitative estimate of drug-likeness (QED) is 0.460. The number of amides is 1. The molecule has 1 heterocycles. The first-order chi connectivity index (χ1) is 15.6. The summed E-state index contributed by atoms with van der Waals surface area (Å²) < 4.78 is 21.1. The van der Waals surface area contributed by atoms with Crippen molar-refractivity contribution < 1.29 is 28.5 Å². The van der Waals surface area contributed by atoms with Crippen molar-refractivity contribution in [2.24, 2.45) is 0 Å². The third-order valence-corrected chi connectivity index (χ3v) is 6.27. The Morgan fingerprint density at radius 1 is 1.12 bits per heavy atom. The first-order valence-electron chi connectivity index (χ1n) is 11.2. The van der Waals surface area contributed by atoms with Crippen molar-refractivity contribution in [1.29, 1.82) is 0 Å².